The Balaban J connectivity index is 2.25. The van der Waals surface area contributed by atoms with Crippen molar-refractivity contribution in [3.63, 3.8) is 0 Å². The molecule has 2 aliphatic heterocycles. The Bertz CT molecular complexity index is 735. The fourth-order valence-electron chi connectivity index (χ4n) is 4.12. The van der Waals surface area contributed by atoms with E-state index in [-0.39, 0.29) is 23.6 Å². The SMILES string of the molecule is C=C(CNC(=O)N1CCOCC1)/C(=C\C(C)(C)CCCC)[C@@H]1COCCN1C(=O)OC(C)(C)C. The number of nitrogens with one attached hydrogen (secondary N) is 1. The summed E-state index contributed by atoms with van der Waals surface area (Å²) in [5.74, 6) is 0. The average Bonchev–Trinajstić information content (AvgIpc) is 2.79. The van der Waals surface area contributed by atoms with Crippen LogP contribution in [0.5, 0.6) is 0 Å². The summed E-state index contributed by atoms with van der Waals surface area (Å²) in [6, 6.07) is -0.449. The van der Waals surface area contributed by atoms with E-state index >= 15 is 0 Å². The second-order valence-electron chi connectivity index (χ2n) is 10.8. The zero-order valence-electron chi connectivity index (χ0n) is 22.1. The maximum Gasteiger partial charge on any atom is 0.410 e. The molecule has 8 nitrogen and oxygen atoms in total. The van der Waals surface area contributed by atoms with Crippen molar-refractivity contribution in [3.05, 3.63) is 23.8 Å². The summed E-state index contributed by atoms with van der Waals surface area (Å²) in [4.78, 5) is 29.2. The second kappa shape index (κ2) is 12.6. The predicted octanol–water partition coefficient (Wildman–Crippen LogP) is 4.36. The molecule has 8 heteroatoms. The molecule has 0 spiro atoms. The molecular formula is C26H45N3O5. The average molecular weight is 480 g/mol. The van der Waals surface area contributed by atoms with E-state index in [1.165, 1.54) is 0 Å². The van der Waals surface area contributed by atoms with Gasteiger partial charge in [0.05, 0.1) is 32.5 Å². The molecule has 2 fully saturated rings. The highest BCUT2D eigenvalue weighted by molar-refractivity contribution is 5.75. The van der Waals surface area contributed by atoms with Crippen LogP contribution in [0.15, 0.2) is 23.8 Å². The normalized spacial score (nSPS) is 20.2. The van der Waals surface area contributed by atoms with Crippen molar-refractivity contribution in [2.45, 2.75) is 72.4 Å². The van der Waals surface area contributed by atoms with Gasteiger partial charge >= 0.3 is 12.1 Å². The van der Waals surface area contributed by atoms with Crippen LogP contribution in [0.3, 0.4) is 0 Å². The van der Waals surface area contributed by atoms with Gasteiger partial charge in [-0.2, -0.15) is 0 Å². The summed E-state index contributed by atoms with van der Waals surface area (Å²) < 4.78 is 16.8. The van der Waals surface area contributed by atoms with Gasteiger partial charge in [-0.3, -0.25) is 4.90 Å². The van der Waals surface area contributed by atoms with Gasteiger partial charge in [-0.25, -0.2) is 9.59 Å². The molecule has 2 aliphatic rings. The molecule has 0 radical (unpaired) electrons. The van der Waals surface area contributed by atoms with Gasteiger partial charge in [0.25, 0.3) is 0 Å². The standard InChI is InChI=1S/C26H45N3O5/c1-8-9-10-26(6,7)17-21(20(2)18-27-23(30)28-11-14-32-15-12-28)22-19-33-16-13-29(22)24(31)34-25(3,4)5/h17,22H,2,8-16,18-19H2,1,3-7H3,(H,27,30)/b21-17+/t22-/m0/s1. The van der Waals surface area contributed by atoms with Crippen LogP contribution < -0.4 is 5.32 Å². The van der Waals surface area contributed by atoms with Crippen LogP contribution in [0.4, 0.5) is 9.59 Å². The summed E-state index contributed by atoms with van der Waals surface area (Å²) >= 11 is 0. The van der Waals surface area contributed by atoms with Gasteiger partial charge in [0.1, 0.15) is 5.60 Å². The number of carbonyl (C=O) groups excluding carboxylic acids is 2. The smallest absolute Gasteiger partial charge is 0.410 e. The molecule has 34 heavy (non-hydrogen) atoms. The topological polar surface area (TPSA) is 80.3 Å². The number of amides is 3. The van der Waals surface area contributed by atoms with E-state index in [2.05, 4.69) is 38.7 Å². The van der Waals surface area contributed by atoms with Gasteiger partial charge in [0, 0.05) is 26.2 Å². The maximum atomic E-state index is 13.1. The second-order valence-corrected chi connectivity index (χ2v) is 10.8. The van der Waals surface area contributed by atoms with Crippen LogP contribution in [0.1, 0.15) is 60.8 Å². The molecule has 0 aromatic carbocycles. The van der Waals surface area contributed by atoms with Crippen LogP contribution in [0.2, 0.25) is 0 Å². The molecule has 0 bridgehead atoms. The highest BCUT2D eigenvalue weighted by Crippen LogP contribution is 2.32. The quantitative estimate of drug-likeness (QED) is 0.523. The molecule has 3 amide bonds. The number of unbranched alkanes of at least 4 members (excludes halogenated alkanes) is 1. The van der Waals surface area contributed by atoms with Gasteiger partial charge in [-0.05, 0) is 43.8 Å². The van der Waals surface area contributed by atoms with Gasteiger partial charge in [-0.15, -0.1) is 0 Å². The number of rotatable bonds is 8. The number of ether oxygens (including phenoxy) is 3. The molecule has 194 valence electrons. The number of hydrogen-bond donors (Lipinski definition) is 1. The number of carbonyl (C=O) groups is 2. The fourth-order valence-corrected chi connectivity index (χ4v) is 4.12. The van der Waals surface area contributed by atoms with Crippen molar-refractivity contribution < 1.29 is 23.8 Å². The van der Waals surface area contributed by atoms with Crippen molar-refractivity contribution in [2.75, 3.05) is 52.6 Å². The molecule has 2 rings (SSSR count). The van der Waals surface area contributed by atoms with E-state index in [0.717, 1.165) is 30.4 Å². The van der Waals surface area contributed by atoms with E-state index in [1.54, 1.807) is 9.80 Å². The molecule has 0 aliphatic carbocycles. The van der Waals surface area contributed by atoms with Crippen LogP contribution in [-0.4, -0.2) is 86.2 Å². The Morgan fingerprint density at radius 3 is 2.35 bits per heavy atom. The van der Waals surface area contributed by atoms with E-state index in [9.17, 15) is 9.59 Å². The van der Waals surface area contributed by atoms with Crippen LogP contribution in [0.25, 0.3) is 0 Å². The lowest BCUT2D eigenvalue weighted by Crippen LogP contribution is -2.52. The van der Waals surface area contributed by atoms with Gasteiger partial charge in [-0.1, -0.05) is 46.3 Å². The minimum absolute atomic E-state index is 0.0977. The lowest BCUT2D eigenvalue weighted by atomic mass is 9.82. The molecule has 2 saturated heterocycles. The molecular weight excluding hydrogens is 434 g/mol. The molecule has 0 aromatic heterocycles. The summed E-state index contributed by atoms with van der Waals surface area (Å²) in [6.07, 6.45) is 5.08. The molecule has 1 N–H and O–H groups in total. The number of morpholine rings is 2. The van der Waals surface area contributed by atoms with Crippen molar-refractivity contribution in [3.8, 4) is 0 Å². The molecule has 1 atom stereocenters. The third kappa shape index (κ3) is 8.95. The summed E-state index contributed by atoms with van der Waals surface area (Å²) in [6.45, 7) is 20.3. The third-order valence-electron chi connectivity index (χ3n) is 6.00. The summed E-state index contributed by atoms with van der Waals surface area (Å²) in [5, 5.41) is 3.00. The lowest BCUT2D eigenvalue weighted by Gasteiger charge is -2.39. The number of hydrogen-bond acceptors (Lipinski definition) is 5. The highest BCUT2D eigenvalue weighted by Gasteiger charge is 2.35. The van der Waals surface area contributed by atoms with E-state index in [0.29, 0.717) is 52.6 Å². The Kier molecular flexibility index (Phi) is 10.4. The van der Waals surface area contributed by atoms with Crippen molar-refractivity contribution >= 4 is 12.1 Å². The monoisotopic (exact) mass is 479 g/mol. The first-order chi connectivity index (χ1) is 15.9. The van der Waals surface area contributed by atoms with E-state index < -0.39 is 5.60 Å². The Morgan fingerprint density at radius 2 is 1.74 bits per heavy atom. The zero-order chi connectivity index (χ0) is 25.4. The summed E-state index contributed by atoms with van der Waals surface area (Å²) in [5.41, 5.74) is 1.01. The highest BCUT2D eigenvalue weighted by atomic mass is 16.6. The lowest BCUT2D eigenvalue weighted by molar-refractivity contribution is -0.0239. The molecule has 0 saturated carbocycles. The molecule has 0 unspecified atom stereocenters. The Morgan fingerprint density at radius 1 is 1.09 bits per heavy atom. The van der Waals surface area contributed by atoms with E-state index in [4.69, 9.17) is 14.2 Å². The Labute approximate surface area is 205 Å². The van der Waals surface area contributed by atoms with Crippen LogP contribution in [0, 0.1) is 5.41 Å². The number of allylic oxidation sites excluding steroid dienone is 1. The summed E-state index contributed by atoms with van der Waals surface area (Å²) in [7, 11) is 0. The molecule has 0 aromatic rings. The minimum atomic E-state index is -0.590. The first kappa shape index (κ1) is 28.2. The van der Waals surface area contributed by atoms with Crippen LogP contribution >= 0.6 is 0 Å². The number of nitrogens with zero attached hydrogens (tertiary/aromatic N) is 2. The van der Waals surface area contributed by atoms with Crippen molar-refractivity contribution in [1.29, 1.82) is 0 Å². The Hall–Kier alpha value is -2.06. The molecule has 2 heterocycles. The van der Waals surface area contributed by atoms with Gasteiger partial charge < -0.3 is 24.4 Å². The van der Waals surface area contributed by atoms with Gasteiger partial charge in [0.2, 0.25) is 0 Å². The minimum Gasteiger partial charge on any atom is -0.444 e. The van der Waals surface area contributed by atoms with Gasteiger partial charge in [0.15, 0.2) is 0 Å². The first-order valence-corrected chi connectivity index (χ1v) is 12.5. The predicted molar refractivity (Wildman–Crippen MR) is 134 cm³/mol. The largest absolute Gasteiger partial charge is 0.444 e. The van der Waals surface area contributed by atoms with Crippen molar-refractivity contribution in [2.24, 2.45) is 5.41 Å². The van der Waals surface area contributed by atoms with Crippen LogP contribution in [-0.2, 0) is 14.2 Å². The first-order valence-electron chi connectivity index (χ1n) is 12.5. The zero-order valence-corrected chi connectivity index (χ0v) is 22.1. The number of urea groups is 1. The van der Waals surface area contributed by atoms with Crippen molar-refractivity contribution in [1.82, 2.24) is 15.1 Å². The fraction of sp³-hybridized carbons (Fsp3) is 0.769. The third-order valence-corrected chi connectivity index (χ3v) is 6.00. The maximum absolute atomic E-state index is 13.1. The van der Waals surface area contributed by atoms with E-state index in [1.807, 2.05) is 20.8 Å².